The zero-order chi connectivity index (χ0) is 29.3. The van der Waals surface area contributed by atoms with Crippen LogP contribution in [0, 0.1) is 5.92 Å². The molecule has 3 N–H and O–H groups in total. The van der Waals surface area contributed by atoms with Crippen LogP contribution in [0.4, 0.5) is 5.69 Å². The number of β-lactam (4-membered cyclic amide) rings is 1. The van der Waals surface area contributed by atoms with Gasteiger partial charge in [-0.25, -0.2) is 0 Å². The molecule has 1 saturated heterocycles. The van der Waals surface area contributed by atoms with E-state index in [2.05, 4.69) is 16.0 Å². The van der Waals surface area contributed by atoms with Gasteiger partial charge in [0.25, 0.3) is 0 Å². The molecule has 0 aromatic heterocycles. The topological polar surface area (TPSA) is 143 Å². The van der Waals surface area contributed by atoms with E-state index < -0.39 is 0 Å². The van der Waals surface area contributed by atoms with Crippen LogP contribution in [0.2, 0.25) is 0 Å². The van der Waals surface area contributed by atoms with E-state index in [9.17, 15) is 24.0 Å². The minimum Gasteiger partial charge on any atom is -0.379 e. The summed E-state index contributed by atoms with van der Waals surface area (Å²) in [7, 11) is 0. The number of likely N-dealkylation sites (tertiary alicyclic amines) is 1. The molecule has 1 aromatic rings. The second kappa shape index (κ2) is 18.1. The van der Waals surface area contributed by atoms with Crippen molar-refractivity contribution in [1.29, 1.82) is 0 Å². The predicted molar refractivity (Wildman–Crippen MR) is 151 cm³/mol. The van der Waals surface area contributed by atoms with Gasteiger partial charge < -0.3 is 30.3 Å². The van der Waals surface area contributed by atoms with Crippen molar-refractivity contribution in [1.82, 2.24) is 15.5 Å². The molecule has 40 heavy (non-hydrogen) atoms. The average molecular weight is 561 g/mol. The lowest BCUT2D eigenvalue weighted by Crippen LogP contribution is -2.51. The van der Waals surface area contributed by atoms with E-state index in [0.717, 1.165) is 5.56 Å². The van der Waals surface area contributed by atoms with Crippen molar-refractivity contribution in [2.24, 2.45) is 5.92 Å². The van der Waals surface area contributed by atoms with Crippen LogP contribution in [0.1, 0.15) is 58.4 Å². The number of ketones is 1. The Morgan fingerprint density at radius 2 is 1.50 bits per heavy atom. The van der Waals surface area contributed by atoms with Crippen LogP contribution in [0.15, 0.2) is 24.3 Å². The van der Waals surface area contributed by atoms with E-state index in [0.29, 0.717) is 70.8 Å². The number of carbonyl (C=O) groups excluding carboxylic acids is 5. The molecule has 0 bridgehead atoms. The number of nitrogens with zero attached hydrogens (tertiary/aromatic N) is 1. The number of Topliss-reactive ketones (excluding diaryl/α,β-unsaturated/α-hetero) is 1. The number of benzene rings is 1. The quantitative estimate of drug-likeness (QED) is 0.163. The second-order valence-electron chi connectivity index (χ2n) is 10.2. The van der Waals surface area contributed by atoms with Crippen molar-refractivity contribution in [2.45, 2.75) is 65.3 Å². The molecular weight excluding hydrogens is 516 g/mol. The molecule has 1 fully saturated rings. The molecule has 0 radical (unpaired) electrons. The fourth-order valence-electron chi connectivity index (χ4n) is 3.96. The average Bonchev–Trinajstić information content (AvgIpc) is 2.91. The molecule has 4 amide bonds. The zero-order valence-corrected chi connectivity index (χ0v) is 24.0. The number of amides is 4. The molecule has 0 aliphatic carbocycles. The number of rotatable bonds is 20. The number of ether oxygens (including phenoxy) is 2. The zero-order valence-electron chi connectivity index (χ0n) is 24.0. The highest BCUT2D eigenvalue weighted by Gasteiger charge is 2.31. The molecule has 222 valence electrons. The fourth-order valence-corrected chi connectivity index (χ4v) is 3.96. The highest BCUT2D eigenvalue weighted by molar-refractivity contribution is 5.90. The highest BCUT2D eigenvalue weighted by atomic mass is 16.5. The predicted octanol–water partition coefficient (Wildman–Crippen LogP) is 1.84. The molecule has 1 aromatic carbocycles. The van der Waals surface area contributed by atoms with Gasteiger partial charge in [0.1, 0.15) is 5.78 Å². The summed E-state index contributed by atoms with van der Waals surface area (Å²) in [5.41, 5.74) is 1.65. The van der Waals surface area contributed by atoms with E-state index in [1.807, 2.05) is 32.9 Å². The van der Waals surface area contributed by atoms with Gasteiger partial charge in [-0.3, -0.25) is 24.0 Å². The van der Waals surface area contributed by atoms with Crippen molar-refractivity contribution in [3.63, 3.8) is 0 Å². The van der Waals surface area contributed by atoms with Crippen LogP contribution < -0.4 is 16.0 Å². The third kappa shape index (κ3) is 13.2. The number of nitrogens with one attached hydrogen (secondary N) is 3. The number of hydrogen-bond acceptors (Lipinski definition) is 7. The van der Waals surface area contributed by atoms with Crippen LogP contribution in [0.25, 0.3) is 0 Å². The standard InChI is InChI=1S/C29H44N4O7/c1-21(2)25(34)10-13-30-26(35)9-6-23-4-7-24(8-5-23)32-28(37)12-16-39-18-19-40-17-14-31-27(36)11-15-33-22(3)20-29(33)38/h4-5,7-8,21-22H,6,9-20H2,1-3H3,(H,30,35)(H,31,36)(H,32,37). The first-order valence-electron chi connectivity index (χ1n) is 14.1. The SMILES string of the molecule is CC(C)C(=O)CCNC(=O)CCc1ccc(NC(=O)CCOCCOCCNC(=O)CCN2C(=O)CC2C)cc1. The normalized spacial score (nSPS) is 14.6. The largest absolute Gasteiger partial charge is 0.379 e. The van der Waals surface area contributed by atoms with Gasteiger partial charge in [0.05, 0.1) is 32.8 Å². The number of aryl methyl sites for hydroxylation is 1. The number of carbonyl (C=O) groups is 5. The summed E-state index contributed by atoms with van der Waals surface area (Å²) in [5.74, 6) is -0.153. The first-order chi connectivity index (χ1) is 19.2. The molecule has 1 heterocycles. The molecule has 2 rings (SSSR count). The molecular formula is C29H44N4O7. The van der Waals surface area contributed by atoms with E-state index in [1.165, 1.54) is 0 Å². The summed E-state index contributed by atoms with van der Waals surface area (Å²) in [6, 6.07) is 7.55. The lowest BCUT2D eigenvalue weighted by atomic mass is 10.0. The van der Waals surface area contributed by atoms with Crippen molar-refractivity contribution in [2.75, 3.05) is 51.4 Å². The van der Waals surface area contributed by atoms with Gasteiger partial charge in [0.15, 0.2) is 0 Å². The first kappa shape index (κ1) is 32.9. The minimum absolute atomic E-state index is 0.0215. The van der Waals surface area contributed by atoms with Gasteiger partial charge in [0.2, 0.25) is 23.6 Å². The third-order valence-corrected chi connectivity index (χ3v) is 6.53. The fraction of sp³-hybridized carbons (Fsp3) is 0.621. The van der Waals surface area contributed by atoms with Crippen LogP contribution in [0.3, 0.4) is 0 Å². The molecule has 1 aliphatic rings. The molecule has 1 atom stereocenters. The lowest BCUT2D eigenvalue weighted by molar-refractivity contribution is -0.145. The van der Waals surface area contributed by atoms with Gasteiger partial charge in [-0.1, -0.05) is 26.0 Å². The molecule has 11 nitrogen and oxygen atoms in total. The summed E-state index contributed by atoms with van der Waals surface area (Å²) >= 11 is 0. The Morgan fingerprint density at radius 3 is 2.15 bits per heavy atom. The Bertz CT molecular complexity index is 981. The summed E-state index contributed by atoms with van der Waals surface area (Å²) < 4.78 is 10.9. The van der Waals surface area contributed by atoms with Crippen LogP contribution in [0.5, 0.6) is 0 Å². The number of anilines is 1. The highest BCUT2D eigenvalue weighted by Crippen LogP contribution is 2.18. The Hall–Kier alpha value is -3.31. The monoisotopic (exact) mass is 560 g/mol. The molecule has 11 heteroatoms. The maximum absolute atomic E-state index is 12.1. The number of hydrogen-bond donors (Lipinski definition) is 3. The van der Waals surface area contributed by atoms with E-state index in [-0.39, 0.29) is 60.8 Å². The van der Waals surface area contributed by atoms with Gasteiger partial charge in [0, 0.05) is 63.0 Å². The minimum atomic E-state index is -0.166. The summed E-state index contributed by atoms with van der Waals surface area (Å²) in [6.45, 7) is 8.17. The lowest BCUT2D eigenvalue weighted by Gasteiger charge is -2.38. The van der Waals surface area contributed by atoms with Gasteiger partial charge in [-0.2, -0.15) is 0 Å². The van der Waals surface area contributed by atoms with E-state index in [1.54, 1.807) is 17.0 Å². The summed E-state index contributed by atoms with van der Waals surface area (Å²) in [6.07, 6.45) is 2.30. The van der Waals surface area contributed by atoms with Gasteiger partial charge >= 0.3 is 0 Å². The molecule has 1 aliphatic heterocycles. The van der Waals surface area contributed by atoms with Crippen LogP contribution >= 0.6 is 0 Å². The summed E-state index contributed by atoms with van der Waals surface area (Å²) in [5, 5.41) is 8.35. The van der Waals surface area contributed by atoms with Crippen molar-refractivity contribution < 1.29 is 33.4 Å². The smallest absolute Gasteiger partial charge is 0.226 e. The van der Waals surface area contributed by atoms with Crippen molar-refractivity contribution in [3.8, 4) is 0 Å². The Balaban J connectivity index is 1.44. The first-order valence-corrected chi connectivity index (χ1v) is 14.1. The van der Waals surface area contributed by atoms with E-state index >= 15 is 0 Å². The molecule has 0 spiro atoms. The van der Waals surface area contributed by atoms with Gasteiger partial charge in [-0.05, 0) is 31.0 Å². The maximum Gasteiger partial charge on any atom is 0.226 e. The third-order valence-electron chi connectivity index (χ3n) is 6.53. The van der Waals surface area contributed by atoms with Crippen molar-refractivity contribution in [3.05, 3.63) is 29.8 Å². The maximum atomic E-state index is 12.1. The second-order valence-corrected chi connectivity index (χ2v) is 10.2. The van der Waals surface area contributed by atoms with Crippen molar-refractivity contribution >= 4 is 35.1 Å². The Morgan fingerprint density at radius 1 is 0.850 bits per heavy atom. The Labute approximate surface area is 236 Å². The van der Waals surface area contributed by atoms with Crippen LogP contribution in [-0.4, -0.2) is 86.4 Å². The van der Waals surface area contributed by atoms with E-state index in [4.69, 9.17) is 9.47 Å². The summed E-state index contributed by atoms with van der Waals surface area (Å²) in [4.78, 5) is 60.6. The molecule has 1 unspecified atom stereocenters. The Kier molecular flexibility index (Phi) is 14.9. The van der Waals surface area contributed by atoms with Crippen LogP contribution in [-0.2, 0) is 39.9 Å². The molecule has 0 saturated carbocycles. The van der Waals surface area contributed by atoms with Gasteiger partial charge in [-0.15, -0.1) is 0 Å².